The number of rotatable bonds is 3. The molecule has 3 rings (SSSR count). The summed E-state index contributed by atoms with van der Waals surface area (Å²) >= 11 is 0. The lowest BCUT2D eigenvalue weighted by molar-refractivity contribution is -0.0715. The maximum atomic E-state index is 11.1. The van der Waals surface area contributed by atoms with Gasteiger partial charge in [0, 0.05) is 5.39 Å². The fourth-order valence-electron chi connectivity index (χ4n) is 1.70. The number of para-hydroxylation sites is 1. The lowest BCUT2D eigenvalue weighted by Gasteiger charge is -2.28. The van der Waals surface area contributed by atoms with E-state index < -0.39 is 16.2 Å². The molecule has 2 heterocycles. The number of urea groups is 1. The Bertz CT molecular complexity index is 759. The zero-order valence-electron chi connectivity index (χ0n) is 9.61. The van der Waals surface area contributed by atoms with Crippen molar-refractivity contribution in [1.29, 1.82) is 0 Å². The number of nitrogens with one attached hydrogen (secondary N) is 1. The number of amides is 2. The number of aromatic nitrogens is 1. The quantitative estimate of drug-likeness (QED) is 0.903. The van der Waals surface area contributed by atoms with Crippen molar-refractivity contribution in [3.05, 3.63) is 42.1 Å². The standard InChI is InChI=1S/C11H9N3O4S/c15-11-13-19(16,17)14(11)18-7-9-6-5-8-3-1-2-4-10(8)12-9/h1-6H,7H2,(H,13,15). The summed E-state index contributed by atoms with van der Waals surface area (Å²) in [6.45, 7) is -0.0997. The second-order valence-corrected chi connectivity index (χ2v) is 5.39. The van der Waals surface area contributed by atoms with Gasteiger partial charge in [-0.05, 0) is 12.1 Å². The number of carbonyl (C=O) groups is 1. The minimum atomic E-state index is -3.80. The van der Waals surface area contributed by atoms with E-state index in [-0.39, 0.29) is 6.61 Å². The fraction of sp³-hybridized carbons (Fsp3) is 0.0909. The molecule has 0 saturated carbocycles. The largest absolute Gasteiger partial charge is 0.372 e. The van der Waals surface area contributed by atoms with E-state index in [2.05, 4.69) is 4.98 Å². The van der Waals surface area contributed by atoms with Crippen LogP contribution < -0.4 is 4.72 Å². The Morgan fingerprint density at radius 2 is 2.00 bits per heavy atom. The molecule has 0 bridgehead atoms. The summed E-state index contributed by atoms with van der Waals surface area (Å²) in [7, 11) is -3.80. The van der Waals surface area contributed by atoms with Crippen molar-refractivity contribution in [2.75, 3.05) is 0 Å². The summed E-state index contributed by atoms with van der Waals surface area (Å²) < 4.78 is 24.2. The van der Waals surface area contributed by atoms with E-state index in [1.165, 1.54) is 0 Å². The Hall–Kier alpha value is -2.19. The number of hydrogen-bond donors (Lipinski definition) is 1. The van der Waals surface area contributed by atoms with Crippen LogP contribution in [-0.4, -0.2) is 23.9 Å². The average molecular weight is 279 g/mol. The Kier molecular flexibility index (Phi) is 2.61. The van der Waals surface area contributed by atoms with Crippen molar-refractivity contribution in [3.8, 4) is 0 Å². The molecule has 8 heteroatoms. The third-order valence-electron chi connectivity index (χ3n) is 2.59. The molecule has 0 atom stereocenters. The molecule has 1 aliphatic rings. The molecule has 2 aromatic rings. The summed E-state index contributed by atoms with van der Waals surface area (Å²) in [5.41, 5.74) is 1.31. The van der Waals surface area contributed by atoms with Gasteiger partial charge in [0.15, 0.2) is 0 Å². The van der Waals surface area contributed by atoms with Crippen molar-refractivity contribution < 1.29 is 18.0 Å². The summed E-state index contributed by atoms with van der Waals surface area (Å²) in [5.74, 6) is 0. The van der Waals surface area contributed by atoms with Crippen LogP contribution in [0.1, 0.15) is 5.69 Å². The Labute approximate surface area is 108 Å². The van der Waals surface area contributed by atoms with Crippen LogP contribution in [0.15, 0.2) is 36.4 Å². The van der Waals surface area contributed by atoms with Gasteiger partial charge in [-0.1, -0.05) is 28.7 Å². The summed E-state index contributed by atoms with van der Waals surface area (Å²) in [5, 5.41) is 0.973. The van der Waals surface area contributed by atoms with Crippen LogP contribution in [0.5, 0.6) is 0 Å². The molecule has 2 amide bonds. The normalized spacial score (nSPS) is 17.1. The molecule has 0 radical (unpaired) electrons. The first-order valence-electron chi connectivity index (χ1n) is 5.41. The number of fused-ring (bicyclic) bond motifs is 1. The zero-order valence-corrected chi connectivity index (χ0v) is 10.4. The predicted molar refractivity (Wildman–Crippen MR) is 65.8 cm³/mol. The monoisotopic (exact) mass is 279 g/mol. The highest BCUT2D eigenvalue weighted by Crippen LogP contribution is 2.15. The molecule has 1 N–H and O–H groups in total. The molecule has 1 aliphatic heterocycles. The molecular weight excluding hydrogens is 270 g/mol. The molecule has 1 aromatic heterocycles. The van der Waals surface area contributed by atoms with Crippen molar-refractivity contribution in [3.63, 3.8) is 0 Å². The molecule has 19 heavy (non-hydrogen) atoms. The summed E-state index contributed by atoms with van der Waals surface area (Å²) in [6.07, 6.45) is 0. The molecular formula is C11H9N3O4S. The van der Waals surface area contributed by atoms with Gasteiger partial charge in [-0.15, -0.1) is 0 Å². The number of nitrogens with zero attached hydrogens (tertiary/aromatic N) is 2. The maximum Gasteiger partial charge on any atom is 0.372 e. The van der Waals surface area contributed by atoms with Crippen LogP contribution in [0.4, 0.5) is 4.79 Å². The van der Waals surface area contributed by atoms with Crippen molar-refractivity contribution in [1.82, 2.24) is 14.2 Å². The first-order valence-corrected chi connectivity index (χ1v) is 6.85. The van der Waals surface area contributed by atoms with Crippen LogP contribution in [-0.2, 0) is 21.7 Å². The number of hydroxylamine groups is 1. The molecule has 0 unspecified atom stereocenters. The third-order valence-corrected chi connectivity index (χ3v) is 3.73. The molecule has 1 fully saturated rings. The van der Waals surface area contributed by atoms with E-state index in [0.29, 0.717) is 10.2 Å². The van der Waals surface area contributed by atoms with Gasteiger partial charge in [-0.25, -0.2) is 14.4 Å². The van der Waals surface area contributed by atoms with Gasteiger partial charge >= 0.3 is 16.2 Å². The number of pyridine rings is 1. The van der Waals surface area contributed by atoms with Crippen molar-refractivity contribution in [2.24, 2.45) is 0 Å². The Balaban J connectivity index is 1.77. The molecule has 0 aliphatic carbocycles. The highest BCUT2D eigenvalue weighted by molar-refractivity contribution is 7.90. The highest BCUT2D eigenvalue weighted by Gasteiger charge is 2.42. The van der Waals surface area contributed by atoms with Crippen LogP contribution in [0.3, 0.4) is 0 Å². The molecule has 1 saturated heterocycles. The molecule has 7 nitrogen and oxygen atoms in total. The number of benzene rings is 1. The van der Waals surface area contributed by atoms with Gasteiger partial charge in [-0.3, -0.25) is 4.98 Å². The van der Waals surface area contributed by atoms with Crippen LogP contribution in [0.25, 0.3) is 10.9 Å². The second kappa shape index (κ2) is 4.18. The van der Waals surface area contributed by atoms with Gasteiger partial charge in [-0.2, -0.15) is 8.42 Å². The van der Waals surface area contributed by atoms with E-state index in [9.17, 15) is 13.2 Å². The zero-order chi connectivity index (χ0) is 13.5. The van der Waals surface area contributed by atoms with E-state index >= 15 is 0 Å². The highest BCUT2D eigenvalue weighted by atomic mass is 32.2. The minimum absolute atomic E-state index is 0.0997. The smallest absolute Gasteiger partial charge is 0.250 e. The number of carbonyl (C=O) groups excluding carboxylic acids is 1. The van der Waals surface area contributed by atoms with E-state index in [0.717, 1.165) is 10.9 Å². The number of hydrogen-bond acceptors (Lipinski definition) is 5. The maximum absolute atomic E-state index is 11.1. The van der Waals surface area contributed by atoms with Crippen LogP contribution >= 0.6 is 0 Å². The van der Waals surface area contributed by atoms with Gasteiger partial charge < -0.3 is 0 Å². The molecule has 0 spiro atoms. The fourth-order valence-corrected chi connectivity index (χ4v) is 2.41. The lowest BCUT2D eigenvalue weighted by atomic mass is 10.2. The van der Waals surface area contributed by atoms with E-state index in [1.54, 1.807) is 10.8 Å². The minimum Gasteiger partial charge on any atom is -0.250 e. The summed E-state index contributed by atoms with van der Waals surface area (Å²) in [4.78, 5) is 20.2. The second-order valence-electron chi connectivity index (χ2n) is 3.91. The molecule has 1 aromatic carbocycles. The van der Waals surface area contributed by atoms with E-state index in [4.69, 9.17) is 4.84 Å². The van der Waals surface area contributed by atoms with Gasteiger partial charge in [0.2, 0.25) is 0 Å². The Morgan fingerprint density at radius 3 is 2.74 bits per heavy atom. The van der Waals surface area contributed by atoms with Crippen molar-refractivity contribution >= 4 is 27.1 Å². The average Bonchev–Trinajstić information content (AvgIpc) is 2.37. The first-order chi connectivity index (χ1) is 9.06. The Morgan fingerprint density at radius 1 is 1.21 bits per heavy atom. The topological polar surface area (TPSA) is 88.6 Å². The summed E-state index contributed by atoms with van der Waals surface area (Å²) in [6, 6.07) is 10.3. The van der Waals surface area contributed by atoms with Gasteiger partial charge in [0.05, 0.1) is 11.2 Å². The lowest BCUT2D eigenvalue weighted by Crippen LogP contribution is -2.60. The van der Waals surface area contributed by atoms with Crippen LogP contribution in [0.2, 0.25) is 0 Å². The SMILES string of the molecule is O=C1NS(=O)(=O)N1OCc1ccc2ccccc2n1. The predicted octanol–water partition coefficient (Wildman–Crippen LogP) is 0.936. The van der Waals surface area contributed by atoms with Crippen LogP contribution in [0, 0.1) is 0 Å². The molecule has 98 valence electrons. The van der Waals surface area contributed by atoms with Crippen molar-refractivity contribution in [2.45, 2.75) is 6.61 Å². The first kappa shape index (κ1) is 11.9. The van der Waals surface area contributed by atoms with Gasteiger partial charge in [0.1, 0.15) is 6.61 Å². The third kappa shape index (κ3) is 2.11. The van der Waals surface area contributed by atoms with E-state index in [1.807, 2.05) is 30.3 Å². The van der Waals surface area contributed by atoms with Gasteiger partial charge in [0.25, 0.3) is 0 Å².